The highest BCUT2D eigenvalue weighted by Gasteiger charge is 2.18. The zero-order chi connectivity index (χ0) is 11.3. The lowest BCUT2D eigenvalue weighted by Gasteiger charge is -2.23. The molecule has 15 heavy (non-hydrogen) atoms. The second-order valence-electron chi connectivity index (χ2n) is 3.63. The number of aliphatic hydroxyl groups is 1. The van der Waals surface area contributed by atoms with E-state index in [4.69, 9.17) is 4.74 Å². The Kier molecular flexibility index (Phi) is 4.45. The van der Waals surface area contributed by atoms with Gasteiger partial charge in [-0.3, -0.25) is 5.32 Å². The maximum atomic E-state index is 9.48. The summed E-state index contributed by atoms with van der Waals surface area (Å²) in [6, 6.07) is 2.19. The van der Waals surface area contributed by atoms with Gasteiger partial charge >= 0.3 is 6.01 Å². The molecule has 0 bridgehead atoms. The van der Waals surface area contributed by atoms with E-state index in [9.17, 15) is 5.11 Å². The molecule has 1 aromatic heterocycles. The molecule has 0 aliphatic heterocycles. The largest absolute Gasteiger partial charge is 0.442 e. The summed E-state index contributed by atoms with van der Waals surface area (Å²) in [6.45, 7) is 5.61. The van der Waals surface area contributed by atoms with Crippen LogP contribution >= 0.6 is 0 Å². The van der Waals surface area contributed by atoms with Crippen molar-refractivity contribution < 1.29 is 9.84 Å². The minimum absolute atomic E-state index is 0.216. The van der Waals surface area contributed by atoms with E-state index < -0.39 is 12.3 Å². The summed E-state index contributed by atoms with van der Waals surface area (Å²) >= 11 is 0. The third-order valence-corrected chi connectivity index (χ3v) is 1.71. The summed E-state index contributed by atoms with van der Waals surface area (Å²) in [5, 5.41) is 12.6. The van der Waals surface area contributed by atoms with Gasteiger partial charge in [-0.25, -0.2) is 9.97 Å². The van der Waals surface area contributed by atoms with Crippen LogP contribution in [0.15, 0.2) is 18.5 Å². The minimum Gasteiger partial charge on any atom is -0.442 e. The van der Waals surface area contributed by atoms with Crippen LogP contribution in [0.5, 0.6) is 6.01 Å². The molecule has 5 nitrogen and oxygen atoms in total. The van der Waals surface area contributed by atoms with Crippen LogP contribution in [0.3, 0.4) is 0 Å². The molecule has 0 radical (unpaired) electrons. The van der Waals surface area contributed by atoms with Gasteiger partial charge in [0.1, 0.15) is 6.10 Å². The quantitative estimate of drug-likeness (QED) is 0.697. The highest BCUT2D eigenvalue weighted by atomic mass is 16.5. The van der Waals surface area contributed by atoms with Crippen molar-refractivity contribution in [2.75, 3.05) is 0 Å². The molecular formula is C10H17N3O2. The van der Waals surface area contributed by atoms with E-state index in [2.05, 4.69) is 15.3 Å². The molecule has 1 heterocycles. The molecule has 1 aromatic rings. The molecule has 2 atom stereocenters. The van der Waals surface area contributed by atoms with Crippen molar-refractivity contribution in [3.8, 4) is 6.01 Å². The molecule has 0 saturated heterocycles. The molecule has 84 valence electrons. The van der Waals surface area contributed by atoms with E-state index in [0.29, 0.717) is 0 Å². The summed E-state index contributed by atoms with van der Waals surface area (Å²) < 4.78 is 5.40. The van der Waals surface area contributed by atoms with Gasteiger partial charge in [0, 0.05) is 18.4 Å². The van der Waals surface area contributed by atoms with Gasteiger partial charge in [0.15, 0.2) is 6.23 Å². The molecule has 0 aliphatic rings. The van der Waals surface area contributed by atoms with Gasteiger partial charge in [0.2, 0.25) is 0 Å². The normalized spacial score (nSPS) is 15.0. The Hall–Kier alpha value is -1.20. The van der Waals surface area contributed by atoms with E-state index in [0.717, 1.165) is 0 Å². The van der Waals surface area contributed by atoms with Gasteiger partial charge in [-0.1, -0.05) is 0 Å². The topological polar surface area (TPSA) is 67.3 Å². The van der Waals surface area contributed by atoms with Gasteiger partial charge in [-0.2, -0.15) is 0 Å². The number of aromatic nitrogens is 2. The lowest BCUT2D eigenvalue weighted by Crippen LogP contribution is -2.46. The average molecular weight is 211 g/mol. The van der Waals surface area contributed by atoms with E-state index in [1.54, 1.807) is 25.4 Å². The molecular weight excluding hydrogens is 194 g/mol. The monoisotopic (exact) mass is 211 g/mol. The molecule has 2 N–H and O–H groups in total. The molecule has 0 aromatic carbocycles. The fraction of sp³-hybridized carbons (Fsp3) is 0.600. The number of nitrogens with zero attached hydrogens (tertiary/aromatic N) is 2. The summed E-state index contributed by atoms with van der Waals surface area (Å²) in [6.07, 6.45) is 2.07. The zero-order valence-electron chi connectivity index (χ0n) is 9.21. The molecule has 0 saturated carbocycles. The summed E-state index contributed by atoms with van der Waals surface area (Å²) in [7, 11) is 0. The molecule has 1 rings (SSSR count). The first kappa shape index (κ1) is 11.9. The van der Waals surface area contributed by atoms with Gasteiger partial charge in [-0.05, 0) is 26.8 Å². The second kappa shape index (κ2) is 5.63. The third kappa shape index (κ3) is 4.22. The van der Waals surface area contributed by atoms with Crippen molar-refractivity contribution in [2.45, 2.75) is 39.1 Å². The van der Waals surface area contributed by atoms with E-state index in [1.165, 1.54) is 0 Å². The highest BCUT2D eigenvalue weighted by Crippen LogP contribution is 2.04. The van der Waals surface area contributed by atoms with Crippen LogP contribution in [0.2, 0.25) is 0 Å². The molecule has 5 heteroatoms. The Labute approximate surface area is 89.5 Å². The van der Waals surface area contributed by atoms with Crippen molar-refractivity contribution >= 4 is 0 Å². The maximum absolute atomic E-state index is 9.48. The van der Waals surface area contributed by atoms with Crippen LogP contribution in [0.4, 0.5) is 0 Å². The number of ether oxygens (including phenoxy) is 1. The zero-order valence-corrected chi connectivity index (χ0v) is 9.21. The summed E-state index contributed by atoms with van der Waals surface area (Å²) in [4.78, 5) is 7.85. The van der Waals surface area contributed by atoms with Crippen molar-refractivity contribution in [3.63, 3.8) is 0 Å². The van der Waals surface area contributed by atoms with E-state index in [-0.39, 0.29) is 12.1 Å². The fourth-order valence-electron chi connectivity index (χ4n) is 1.06. The van der Waals surface area contributed by atoms with Crippen LogP contribution < -0.4 is 10.1 Å². The minimum atomic E-state index is -0.629. The Morgan fingerprint density at radius 1 is 1.27 bits per heavy atom. The molecule has 2 unspecified atom stereocenters. The van der Waals surface area contributed by atoms with Crippen LogP contribution in [0, 0.1) is 0 Å². The van der Waals surface area contributed by atoms with Crippen LogP contribution in [-0.2, 0) is 0 Å². The lowest BCUT2D eigenvalue weighted by molar-refractivity contribution is 0.0159. The highest BCUT2D eigenvalue weighted by molar-refractivity contribution is 4.94. The summed E-state index contributed by atoms with van der Waals surface area (Å²) in [5.41, 5.74) is 0. The molecule has 0 aliphatic carbocycles. The van der Waals surface area contributed by atoms with Gasteiger partial charge in [0.05, 0.1) is 0 Å². The SMILES string of the molecule is CC(C)NC(Oc1ncccn1)C(C)O. The van der Waals surface area contributed by atoms with Gasteiger partial charge in [0.25, 0.3) is 0 Å². The van der Waals surface area contributed by atoms with Crippen LogP contribution in [0.25, 0.3) is 0 Å². The Morgan fingerprint density at radius 3 is 2.33 bits per heavy atom. The Balaban J connectivity index is 2.59. The molecule has 0 amide bonds. The third-order valence-electron chi connectivity index (χ3n) is 1.71. The van der Waals surface area contributed by atoms with Crippen molar-refractivity contribution in [1.29, 1.82) is 0 Å². The van der Waals surface area contributed by atoms with Crippen molar-refractivity contribution in [1.82, 2.24) is 15.3 Å². The number of hydrogen-bond acceptors (Lipinski definition) is 5. The number of hydrogen-bond donors (Lipinski definition) is 2. The lowest BCUT2D eigenvalue weighted by atomic mass is 10.3. The smallest absolute Gasteiger partial charge is 0.317 e. The first-order valence-electron chi connectivity index (χ1n) is 4.97. The first-order valence-corrected chi connectivity index (χ1v) is 4.97. The van der Waals surface area contributed by atoms with Crippen LogP contribution in [0.1, 0.15) is 20.8 Å². The predicted molar refractivity (Wildman–Crippen MR) is 56.4 cm³/mol. The summed E-state index contributed by atoms with van der Waals surface area (Å²) in [5.74, 6) is 0. The van der Waals surface area contributed by atoms with Gasteiger partial charge in [-0.15, -0.1) is 0 Å². The van der Waals surface area contributed by atoms with E-state index >= 15 is 0 Å². The standard InChI is InChI=1S/C10H17N3O2/c1-7(2)13-9(8(3)14)15-10-11-5-4-6-12-10/h4-9,13-14H,1-3H3. The first-order chi connectivity index (χ1) is 7.09. The second-order valence-corrected chi connectivity index (χ2v) is 3.63. The Morgan fingerprint density at radius 2 is 1.87 bits per heavy atom. The van der Waals surface area contributed by atoms with Gasteiger partial charge < -0.3 is 9.84 Å². The number of aliphatic hydroxyl groups excluding tert-OH is 1. The predicted octanol–water partition coefficient (Wildman–Crippen LogP) is 0.560. The van der Waals surface area contributed by atoms with Crippen LogP contribution in [-0.4, -0.2) is 33.4 Å². The average Bonchev–Trinajstić information content (AvgIpc) is 2.17. The number of nitrogens with one attached hydrogen (secondary N) is 1. The van der Waals surface area contributed by atoms with Crippen molar-refractivity contribution in [2.24, 2.45) is 0 Å². The van der Waals surface area contributed by atoms with E-state index in [1.807, 2.05) is 13.8 Å². The molecule has 0 spiro atoms. The molecule has 0 fully saturated rings. The maximum Gasteiger partial charge on any atom is 0.317 e. The van der Waals surface area contributed by atoms with Crippen molar-refractivity contribution in [3.05, 3.63) is 18.5 Å². The number of rotatable bonds is 5. The fourth-order valence-corrected chi connectivity index (χ4v) is 1.06. The Bertz CT molecular complexity index is 277.